The van der Waals surface area contributed by atoms with Gasteiger partial charge in [0.05, 0.1) is 11.0 Å². The summed E-state index contributed by atoms with van der Waals surface area (Å²) < 4.78 is 19.3. The Morgan fingerprint density at radius 3 is 2.59 bits per heavy atom. The molecule has 0 saturated heterocycles. The molecule has 2 rings (SSSR count). The molecular weight excluding hydrogens is 359 g/mol. The minimum Gasteiger partial charge on any atom is -0.480 e. The summed E-state index contributed by atoms with van der Waals surface area (Å²) in [6.07, 6.45) is 0. The zero-order chi connectivity index (χ0) is 16.1. The van der Waals surface area contributed by atoms with Crippen molar-refractivity contribution in [3.8, 4) is 5.75 Å². The zero-order valence-electron chi connectivity index (χ0n) is 11.1. The zero-order valence-corrected chi connectivity index (χ0v) is 12.7. The number of nitrogens with zero attached hydrogens (tertiary/aromatic N) is 1. The van der Waals surface area contributed by atoms with Crippen LogP contribution in [0.1, 0.15) is 0 Å². The highest BCUT2D eigenvalue weighted by Gasteiger charge is 2.13. The van der Waals surface area contributed by atoms with Crippen molar-refractivity contribution in [2.24, 2.45) is 0 Å². The standard InChI is InChI=1S/C14H10BrFN2O4/c15-9-1-3-10(4-2-9)17-14(19)8-22-13-7-11(18(20)21)5-6-12(13)16/h1-7H,8H2,(H,17,19). The number of hydrogen-bond acceptors (Lipinski definition) is 4. The van der Waals surface area contributed by atoms with Crippen molar-refractivity contribution in [1.82, 2.24) is 0 Å². The summed E-state index contributed by atoms with van der Waals surface area (Å²) in [5.74, 6) is -1.63. The third-order valence-electron chi connectivity index (χ3n) is 2.61. The smallest absolute Gasteiger partial charge is 0.273 e. The van der Waals surface area contributed by atoms with Gasteiger partial charge in [0, 0.05) is 16.2 Å². The average molecular weight is 369 g/mol. The van der Waals surface area contributed by atoms with Crippen LogP contribution in [0.4, 0.5) is 15.8 Å². The van der Waals surface area contributed by atoms with Crippen molar-refractivity contribution in [2.45, 2.75) is 0 Å². The Kier molecular flexibility index (Phi) is 5.05. The predicted octanol–water partition coefficient (Wildman–Crippen LogP) is 3.51. The molecule has 1 N–H and O–H groups in total. The lowest BCUT2D eigenvalue weighted by atomic mass is 10.3. The van der Waals surface area contributed by atoms with Crippen molar-refractivity contribution < 1.29 is 18.8 Å². The number of anilines is 1. The van der Waals surface area contributed by atoms with Gasteiger partial charge in [0.1, 0.15) is 0 Å². The number of carbonyl (C=O) groups is 1. The Morgan fingerprint density at radius 2 is 1.95 bits per heavy atom. The van der Waals surface area contributed by atoms with Crippen molar-refractivity contribution in [2.75, 3.05) is 11.9 Å². The summed E-state index contributed by atoms with van der Waals surface area (Å²) in [6, 6.07) is 9.71. The van der Waals surface area contributed by atoms with Gasteiger partial charge in [0.15, 0.2) is 18.2 Å². The Labute approximate surface area is 133 Å². The third-order valence-corrected chi connectivity index (χ3v) is 3.14. The number of carbonyl (C=O) groups excluding carboxylic acids is 1. The molecule has 0 bridgehead atoms. The minimum absolute atomic E-state index is 0.315. The molecule has 0 aliphatic heterocycles. The summed E-state index contributed by atoms with van der Waals surface area (Å²) in [5, 5.41) is 13.2. The van der Waals surface area contributed by atoms with Crippen LogP contribution < -0.4 is 10.1 Å². The van der Waals surface area contributed by atoms with Crippen LogP contribution in [0.25, 0.3) is 0 Å². The van der Waals surface area contributed by atoms with Crippen LogP contribution in [0.3, 0.4) is 0 Å². The fourth-order valence-corrected chi connectivity index (χ4v) is 1.85. The predicted molar refractivity (Wildman–Crippen MR) is 81.3 cm³/mol. The first-order chi connectivity index (χ1) is 10.5. The summed E-state index contributed by atoms with van der Waals surface area (Å²) in [6.45, 7) is -0.464. The second-order valence-corrected chi connectivity index (χ2v) is 5.13. The van der Waals surface area contributed by atoms with Gasteiger partial charge in [0.25, 0.3) is 11.6 Å². The Balaban J connectivity index is 1.97. The van der Waals surface area contributed by atoms with Gasteiger partial charge < -0.3 is 10.1 Å². The quantitative estimate of drug-likeness (QED) is 0.646. The van der Waals surface area contributed by atoms with E-state index >= 15 is 0 Å². The summed E-state index contributed by atoms with van der Waals surface area (Å²) in [7, 11) is 0. The highest BCUT2D eigenvalue weighted by molar-refractivity contribution is 9.10. The third kappa shape index (κ3) is 4.26. The van der Waals surface area contributed by atoms with Gasteiger partial charge in [0.2, 0.25) is 0 Å². The summed E-state index contributed by atoms with van der Waals surface area (Å²) >= 11 is 3.27. The molecule has 6 nitrogen and oxygen atoms in total. The molecule has 0 aliphatic rings. The number of ether oxygens (including phenoxy) is 1. The van der Waals surface area contributed by atoms with Crippen LogP contribution in [0.5, 0.6) is 5.75 Å². The number of rotatable bonds is 5. The van der Waals surface area contributed by atoms with Crippen molar-refractivity contribution in [1.29, 1.82) is 0 Å². The molecule has 0 unspecified atom stereocenters. The number of amides is 1. The van der Waals surface area contributed by atoms with Crippen LogP contribution >= 0.6 is 15.9 Å². The Bertz CT molecular complexity index is 706. The fraction of sp³-hybridized carbons (Fsp3) is 0.0714. The van der Waals surface area contributed by atoms with E-state index in [9.17, 15) is 19.3 Å². The molecule has 0 atom stereocenters. The largest absolute Gasteiger partial charge is 0.480 e. The average Bonchev–Trinajstić information content (AvgIpc) is 2.48. The highest BCUT2D eigenvalue weighted by Crippen LogP contribution is 2.23. The molecule has 2 aromatic carbocycles. The maximum Gasteiger partial charge on any atom is 0.273 e. The van der Waals surface area contributed by atoms with Gasteiger partial charge in [-0.2, -0.15) is 0 Å². The molecule has 0 aliphatic carbocycles. The van der Waals surface area contributed by atoms with Crippen LogP contribution in [0.2, 0.25) is 0 Å². The molecule has 2 aromatic rings. The van der Waals surface area contributed by atoms with Crippen LogP contribution in [-0.4, -0.2) is 17.4 Å². The van der Waals surface area contributed by atoms with E-state index in [1.54, 1.807) is 24.3 Å². The summed E-state index contributed by atoms with van der Waals surface area (Å²) in [4.78, 5) is 21.6. The lowest BCUT2D eigenvalue weighted by Gasteiger charge is -2.08. The van der Waals surface area contributed by atoms with Gasteiger partial charge in [-0.15, -0.1) is 0 Å². The fourth-order valence-electron chi connectivity index (χ4n) is 1.59. The molecule has 0 radical (unpaired) electrons. The molecule has 0 saturated carbocycles. The van der Waals surface area contributed by atoms with E-state index in [0.717, 1.165) is 22.7 Å². The molecule has 1 amide bonds. The number of nitro groups is 1. The lowest BCUT2D eigenvalue weighted by Crippen LogP contribution is -2.20. The number of hydrogen-bond donors (Lipinski definition) is 1. The Morgan fingerprint density at radius 1 is 1.27 bits per heavy atom. The molecule has 8 heteroatoms. The number of nitrogens with one attached hydrogen (secondary N) is 1. The van der Waals surface area contributed by atoms with Crippen LogP contribution in [-0.2, 0) is 4.79 Å². The van der Waals surface area contributed by atoms with E-state index in [4.69, 9.17) is 4.74 Å². The van der Waals surface area contributed by atoms with Crippen molar-refractivity contribution in [3.63, 3.8) is 0 Å². The molecule has 0 aromatic heterocycles. The second kappa shape index (κ2) is 6.99. The van der Waals surface area contributed by atoms with E-state index in [0.29, 0.717) is 5.69 Å². The number of non-ortho nitro benzene ring substituents is 1. The maximum atomic E-state index is 13.5. The van der Waals surface area contributed by atoms with Crippen LogP contribution in [0.15, 0.2) is 46.9 Å². The van der Waals surface area contributed by atoms with Crippen LogP contribution in [0, 0.1) is 15.9 Å². The molecule has 22 heavy (non-hydrogen) atoms. The molecule has 0 fully saturated rings. The summed E-state index contributed by atoms with van der Waals surface area (Å²) in [5.41, 5.74) is 0.237. The highest BCUT2D eigenvalue weighted by atomic mass is 79.9. The van der Waals surface area contributed by atoms with E-state index in [1.165, 1.54) is 0 Å². The lowest BCUT2D eigenvalue weighted by molar-refractivity contribution is -0.385. The molecular formula is C14H10BrFN2O4. The first-order valence-electron chi connectivity index (χ1n) is 6.08. The SMILES string of the molecule is O=C(COc1cc([N+](=O)[O-])ccc1F)Nc1ccc(Br)cc1. The molecule has 0 heterocycles. The van der Waals surface area contributed by atoms with Gasteiger partial charge in [-0.3, -0.25) is 14.9 Å². The van der Waals surface area contributed by atoms with E-state index in [1.807, 2.05) is 0 Å². The number of benzene rings is 2. The maximum absolute atomic E-state index is 13.5. The van der Waals surface area contributed by atoms with Crippen molar-refractivity contribution >= 4 is 33.2 Å². The van der Waals surface area contributed by atoms with E-state index in [2.05, 4.69) is 21.2 Å². The van der Waals surface area contributed by atoms with Gasteiger partial charge in [-0.1, -0.05) is 15.9 Å². The topological polar surface area (TPSA) is 81.5 Å². The van der Waals surface area contributed by atoms with Gasteiger partial charge >= 0.3 is 0 Å². The van der Waals surface area contributed by atoms with Gasteiger partial charge in [-0.05, 0) is 30.3 Å². The first-order valence-corrected chi connectivity index (χ1v) is 6.87. The Hall–Kier alpha value is -2.48. The van der Waals surface area contributed by atoms with E-state index < -0.39 is 23.3 Å². The monoisotopic (exact) mass is 368 g/mol. The minimum atomic E-state index is -0.776. The molecule has 114 valence electrons. The molecule has 0 spiro atoms. The number of halogens is 2. The van der Waals surface area contributed by atoms with E-state index in [-0.39, 0.29) is 11.4 Å². The number of nitro benzene ring substituents is 1. The second-order valence-electron chi connectivity index (χ2n) is 4.22. The first kappa shape index (κ1) is 15.9. The van der Waals surface area contributed by atoms with Crippen molar-refractivity contribution in [3.05, 3.63) is 62.9 Å². The normalized spacial score (nSPS) is 10.1. The van der Waals surface area contributed by atoms with Gasteiger partial charge in [-0.25, -0.2) is 4.39 Å².